The van der Waals surface area contributed by atoms with Gasteiger partial charge in [0.25, 0.3) is 0 Å². The van der Waals surface area contributed by atoms with Crippen LogP contribution in [0.15, 0.2) is 5.38 Å². The van der Waals surface area contributed by atoms with Gasteiger partial charge in [0.1, 0.15) is 16.5 Å². The number of anilines is 2. The molecule has 0 radical (unpaired) electrons. The van der Waals surface area contributed by atoms with Crippen molar-refractivity contribution in [2.24, 2.45) is 7.05 Å². The topological polar surface area (TPSA) is 72.9 Å². The Morgan fingerprint density at radius 1 is 1.24 bits per heavy atom. The molecule has 0 saturated heterocycles. The Balaban J connectivity index is 1.86. The van der Waals surface area contributed by atoms with Crippen molar-refractivity contribution in [2.45, 2.75) is 26.9 Å². The molecule has 1 aliphatic rings. The van der Waals surface area contributed by atoms with Crippen LogP contribution in [0.25, 0.3) is 10.2 Å². The molecule has 4 rings (SSSR count). The number of aromatic nitrogens is 4. The van der Waals surface area contributed by atoms with Gasteiger partial charge in [0.2, 0.25) is 0 Å². The van der Waals surface area contributed by atoms with Crippen LogP contribution >= 0.6 is 11.3 Å². The molecule has 1 aliphatic heterocycles. The molecule has 0 atom stereocenters. The van der Waals surface area contributed by atoms with Crippen LogP contribution in [-0.2, 0) is 20.1 Å². The summed E-state index contributed by atoms with van der Waals surface area (Å²) in [6, 6.07) is 0. The minimum atomic E-state index is 0.624. The number of hydrogen-bond acceptors (Lipinski definition) is 6. The first-order valence-corrected chi connectivity index (χ1v) is 7.70. The fraction of sp³-hybridized carbons (Fsp3) is 0.357. The lowest BCUT2D eigenvalue weighted by atomic mass is 10.2. The molecule has 2 N–H and O–H groups in total. The highest BCUT2D eigenvalue weighted by atomic mass is 32.1. The molecule has 0 unspecified atom stereocenters. The molecular formula is C14H16N6S. The second kappa shape index (κ2) is 4.17. The van der Waals surface area contributed by atoms with Crippen LogP contribution in [0.2, 0.25) is 0 Å². The van der Waals surface area contributed by atoms with Gasteiger partial charge in [-0.05, 0) is 24.8 Å². The van der Waals surface area contributed by atoms with Crippen LogP contribution < -0.4 is 10.6 Å². The highest BCUT2D eigenvalue weighted by Gasteiger charge is 2.28. The zero-order valence-electron chi connectivity index (χ0n) is 12.2. The molecule has 3 aromatic heterocycles. The molecule has 3 aromatic rings. The second-order valence-electron chi connectivity index (χ2n) is 5.48. The molecule has 21 heavy (non-hydrogen) atoms. The van der Waals surface area contributed by atoms with Gasteiger partial charge in [-0.15, -0.1) is 11.3 Å². The smallest absolute Gasteiger partial charge is 0.150 e. The van der Waals surface area contributed by atoms with E-state index >= 15 is 0 Å². The van der Waals surface area contributed by atoms with Crippen LogP contribution in [0, 0.1) is 13.8 Å². The Hall–Kier alpha value is -2.15. The van der Waals surface area contributed by atoms with E-state index in [1.54, 1.807) is 11.3 Å². The fourth-order valence-corrected chi connectivity index (χ4v) is 3.93. The van der Waals surface area contributed by atoms with Gasteiger partial charge in [0.05, 0.1) is 24.2 Å². The fourth-order valence-electron chi connectivity index (χ4n) is 2.97. The van der Waals surface area contributed by atoms with Crippen molar-refractivity contribution in [2.75, 3.05) is 10.6 Å². The number of nitrogens with zero attached hydrogens (tertiary/aromatic N) is 5. The number of fused-ring (bicyclic) bond motifs is 2. The van der Waals surface area contributed by atoms with E-state index in [1.165, 1.54) is 11.3 Å². The van der Waals surface area contributed by atoms with E-state index < -0.39 is 0 Å². The normalized spacial score (nSPS) is 14.1. The van der Waals surface area contributed by atoms with Gasteiger partial charge >= 0.3 is 0 Å². The lowest BCUT2D eigenvalue weighted by Crippen LogP contribution is -2.19. The minimum Gasteiger partial charge on any atom is -0.382 e. The van der Waals surface area contributed by atoms with E-state index in [4.69, 9.17) is 5.73 Å². The Bertz CT molecular complexity index is 836. The van der Waals surface area contributed by atoms with Crippen molar-refractivity contribution >= 4 is 33.2 Å². The summed E-state index contributed by atoms with van der Waals surface area (Å²) < 4.78 is 1.87. The lowest BCUT2D eigenvalue weighted by Gasteiger charge is -2.19. The van der Waals surface area contributed by atoms with Crippen molar-refractivity contribution in [1.29, 1.82) is 0 Å². The van der Waals surface area contributed by atoms with E-state index in [1.807, 2.05) is 18.7 Å². The van der Waals surface area contributed by atoms with Crippen LogP contribution in [0.4, 0.5) is 11.6 Å². The highest BCUT2D eigenvalue weighted by molar-refractivity contribution is 7.17. The lowest BCUT2D eigenvalue weighted by molar-refractivity contribution is 0.704. The van der Waals surface area contributed by atoms with Gasteiger partial charge in [0.15, 0.2) is 5.82 Å². The summed E-state index contributed by atoms with van der Waals surface area (Å²) in [6.07, 6.45) is 0. The quantitative estimate of drug-likeness (QED) is 0.745. The molecule has 0 aliphatic carbocycles. The number of hydrogen-bond donors (Lipinski definition) is 1. The van der Waals surface area contributed by atoms with Gasteiger partial charge < -0.3 is 10.6 Å². The maximum Gasteiger partial charge on any atom is 0.150 e. The monoisotopic (exact) mass is 300 g/mol. The van der Waals surface area contributed by atoms with E-state index in [0.29, 0.717) is 5.82 Å². The van der Waals surface area contributed by atoms with Crippen LogP contribution in [-0.4, -0.2) is 19.7 Å². The first kappa shape index (κ1) is 12.6. The summed E-state index contributed by atoms with van der Waals surface area (Å²) in [4.78, 5) is 12.5. The summed E-state index contributed by atoms with van der Waals surface area (Å²) in [5.74, 6) is 2.44. The zero-order valence-corrected chi connectivity index (χ0v) is 13.0. The van der Waals surface area contributed by atoms with Crippen LogP contribution in [0.5, 0.6) is 0 Å². The molecule has 4 heterocycles. The molecule has 0 aromatic carbocycles. The van der Waals surface area contributed by atoms with Gasteiger partial charge in [-0.2, -0.15) is 5.10 Å². The standard InChI is InChI=1S/C14H16N6S/c1-7-6-21-14-11(7)13(16-8(2)17-14)20-4-9-10(5-20)19(3)18-12(9)15/h6H,4-5H2,1-3H3,(H2,15,18). The van der Waals surface area contributed by atoms with E-state index in [9.17, 15) is 0 Å². The predicted octanol–water partition coefficient (Wildman–Crippen LogP) is 2.14. The molecule has 7 heteroatoms. The summed E-state index contributed by atoms with van der Waals surface area (Å²) in [6.45, 7) is 5.60. The first-order chi connectivity index (χ1) is 10.0. The molecule has 0 spiro atoms. The predicted molar refractivity (Wildman–Crippen MR) is 84.4 cm³/mol. The molecule has 6 nitrogen and oxygen atoms in total. The summed E-state index contributed by atoms with van der Waals surface area (Å²) >= 11 is 1.67. The molecule has 0 fully saturated rings. The van der Waals surface area contributed by atoms with Gasteiger partial charge in [0, 0.05) is 12.6 Å². The van der Waals surface area contributed by atoms with E-state index in [-0.39, 0.29) is 0 Å². The highest BCUT2D eigenvalue weighted by Crippen LogP contribution is 2.36. The molecule has 0 bridgehead atoms. The summed E-state index contributed by atoms with van der Waals surface area (Å²) in [5, 5.41) is 7.58. The molecule has 0 amide bonds. The number of nitrogen functional groups attached to an aromatic ring is 1. The first-order valence-electron chi connectivity index (χ1n) is 6.82. The maximum atomic E-state index is 6.00. The third kappa shape index (κ3) is 1.73. The third-order valence-corrected chi connectivity index (χ3v) is 5.00. The van der Waals surface area contributed by atoms with Crippen molar-refractivity contribution in [1.82, 2.24) is 19.7 Å². The number of thiophene rings is 1. The van der Waals surface area contributed by atoms with Gasteiger partial charge in [-0.25, -0.2) is 9.97 Å². The maximum absolute atomic E-state index is 6.00. The SMILES string of the molecule is Cc1nc(N2Cc3c(N)nn(C)c3C2)c2c(C)csc2n1. The third-order valence-electron chi connectivity index (χ3n) is 4.01. The largest absolute Gasteiger partial charge is 0.382 e. The molecular weight excluding hydrogens is 284 g/mol. The Morgan fingerprint density at radius 2 is 2.05 bits per heavy atom. The average molecular weight is 300 g/mol. The van der Waals surface area contributed by atoms with Gasteiger partial charge in [-0.3, -0.25) is 4.68 Å². The van der Waals surface area contributed by atoms with Crippen LogP contribution in [0.3, 0.4) is 0 Å². The molecule has 108 valence electrons. The number of aryl methyl sites for hydroxylation is 3. The van der Waals surface area contributed by atoms with Crippen LogP contribution in [0.1, 0.15) is 22.6 Å². The zero-order chi connectivity index (χ0) is 14.7. The number of rotatable bonds is 1. The number of nitrogens with two attached hydrogens (primary N) is 1. The molecule has 0 saturated carbocycles. The van der Waals surface area contributed by atoms with Crippen molar-refractivity contribution < 1.29 is 0 Å². The Labute approximate surface area is 126 Å². The van der Waals surface area contributed by atoms with Gasteiger partial charge in [-0.1, -0.05) is 0 Å². The van der Waals surface area contributed by atoms with E-state index in [0.717, 1.165) is 40.5 Å². The van der Waals surface area contributed by atoms with Crippen molar-refractivity contribution in [3.05, 3.63) is 28.0 Å². The average Bonchev–Trinajstić information content (AvgIpc) is 3.08. The Kier molecular flexibility index (Phi) is 2.50. The van der Waals surface area contributed by atoms with Crippen molar-refractivity contribution in [3.8, 4) is 0 Å². The van der Waals surface area contributed by atoms with Crippen molar-refractivity contribution in [3.63, 3.8) is 0 Å². The van der Waals surface area contributed by atoms with E-state index in [2.05, 4.69) is 32.3 Å². The summed E-state index contributed by atoms with van der Waals surface area (Å²) in [5.41, 5.74) is 9.52. The second-order valence-corrected chi connectivity index (χ2v) is 6.34. The Morgan fingerprint density at radius 3 is 2.81 bits per heavy atom. The minimum absolute atomic E-state index is 0.624. The summed E-state index contributed by atoms with van der Waals surface area (Å²) in [7, 11) is 1.94.